The highest BCUT2D eigenvalue weighted by molar-refractivity contribution is 6.83. The van der Waals surface area contributed by atoms with Gasteiger partial charge in [-0.1, -0.05) is 39.4 Å². The van der Waals surface area contributed by atoms with Crippen LogP contribution in [0.15, 0.2) is 0 Å². The lowest BCUT2D eigenvalue weighted by atomic mass is 10.1. The summed E-state index contributed by atoms with van der Waals surface area (Å²) in [6.07, 6.45) is 3.61. The minimum Gasteiger partial charge on any atom is -0.392 e. The van der Waals surface area contributed by atoms with Crippen molar-refractivity contribution in [2.24, 2.45) is 0 Å². The summed E-state index contributed by atoms with van der Waals surface area (Å²) >= 11 is 0. The van der Waals surface area contributed by atoms with E-state index in [1.165, 1.54) is 0 Å². The van der Waals surface area contributed by atoms with Crippen LogP contribution in [0.3, 0.4) is 0 Å². The first-order valence-electron chi connectivity index (χ1n) is 5.14. The number of rotatable bonds is 4. The Bertz CT molecular complexity index is 182. The SMILES string of the molecule is CCCC[C@@H](O)CC#C[Si](C)(C)C. The second-order valence-electron chi connectivity index (χ2n) is 4.55. The number of unbranched alkanes of at least 4 members (excludes halogenated alkanes) is 1. The van der Waals surface area contributed by atoms with Crippen LogP contribution in [0.25, 0.3) is 0 Å². The molecule has 1 atom stereocenters. The molecule has 0 rings (SSSR count). The van der Waals surface area contributed by atoms with Crippen molar-refractivity contribution in [1.29, 1.82) is 0 Å². The van der Waals surface area contributed by atoms with Crippen LogP contribution < -0.4 is 0 Å². The molecule has 1 nitrogen and oxygen atoms in total. The molecular weight excluding hydrogens is 176 g/mol. The molecule has 0 saturated heterocycles. The minimum atomic E-state index is -1.23. The lowest BCUT2D eigenvalue weighted by molar-refractivity contribution is 0.167. The van der Waals surface area contributed by atoms with E-state index in [2.05, 4.69) is 38.0 Å². The summed E-state index contributed by atoms with van der Waals surface area (Å²) in [4.78, 5) is 0. The molecule has 0 aromatic heterocycles. The lowest BCUT2D eigenvalue weighted by Gasteiger charge is -2.06. The standard InChI is InChI=1S/C11H22OSi/c1-5-6-8-11(12)9-7-10-13(2,3)4/h11-12H,5-6,8-9H2,1-4H3/t11-/m1/s1. The van der Waals surface area contributed by atoms with Gasteiger partial charge in [0.1, 0.15) is 8.07 Å². The molecule has 0 heterocycles. The molecule has 0 fully saturated rings. The molecule has 0 unspecified atom stereocenters. The zero-order valence-corrected chi connectivity index (χ0v) is 10.4. The first kappa shape index (κ1) is 12.7. The van der Waals surface area contributed by atoms with Gasteiger partial charge in [0.2, 0.25) is 0 Å². The van der Waals surface area contributed by atoms with Crippen molar-refractivity contribution >= 4 is 8.07 Å². The van der Waals surface area contributed by atoms with Crippen molar-refractivity contribution in [1.82, 2.24) is 0 Å². The molecule has 1 N–H and O–H groups in total. The van der Waals surface area contributed by atoms with Crippen molar-refractivity contribution in [3.8, 4) is 11.5 Å². The molecule has 0 radical (unpaired) electrons. The zero-order valence-electron chi connectivity index (χ0n) is 9.35. The van der Waals surface area contributed by atoms with Gasteiger partial charge < -0.3 is 5.11 Å². The molecule has 0 spiro atoms. The molecule has 2 heteroatoms. The smallest absolute Gasteiger partial charge is 0.129 e. The maximum Gasteiger partial charge on any atom is 0.129 e. The van der Waals surface area contributed by atoms with Crippen LogP contribution in [0.4, 0.5) is 0 Å². The Morgan fingerprint density at radius 2 is 1.92 bits per heavy atom. The number of aliphatic hydroxyl groups excluding tert-OH is 1. The average molecular weight is 198 g/mol. The second kappa shape index (κ2) is 6.23. The number of hydrogen-bond donors (Lipinski definition) is 1. The normalized spacial score (nSPS) is 13.3. The van der Waals surface area contributed by atoms with Crippen LogP contribution in [-0.2, 0) is 0 Å². The van der Waals surface area contributed by atoms with E-state index in [1.807, 2.05) is 0 Å². The van der Waals surface area contributed by atoms with E-state index in [0.29, 0.717) is 6.42 Å². The van der Waals surface area contributed by atoms with Gasteiger partial charge in [-0.15, -0.1) is 11.5 Å². The molecule has 13 heavy (non-hydrogen) atoms. The molecule has 0 aliphatic heterocycles. The third kappa shape index (κ3) is 9.65. The molecule has 0 aromatic carbocycles. The molecule has 0 aliphatic carbocycles. The van der Waals surface area contributed by atoms with E-state index in [4.69, 9.17) is 0 Å². The lowest BCUT2D eigenvalue weighted by Crippen LogP contribution is -2.16. The predicted molar refractivity (Wildman–Crippen MR) is 61.3 cm³/mol. The number of hydrogen-bond acceptors (Lipinski definition) is 1. The summed E-state index contributed by atoms with van der Waals surface area (Å²) in [5.41, 5.74) is 3.26. The van der Waals surface area contributed by atoms with E-state index < -0.39 is 8.07 Å². The van der Waals surface area contributed by atoms with E-state index >= 15 is 0 Å². The molecular formula is C11H22OSi. The molecule has 76 valence electrons. The summed E-state index contributed by atoms with van der Waals surface area (Å²) in [7, 11) is -1.23. The Morgan fingerprint density at radius 1 is 1.31 bits per heavy atom. The quantitative estimate of drug-likeness (QED) is 0.544. The van der Waals surface area contributed by atoms with Crippen LogP contribution in [0.2, 0.25) is 19.6 Å². The van der Waals surface area contributed by atoms with Gasteiger partial charge in [0.05, 0.1) is 6.10 Å². The highest BCUT2D eigenvalue weighted by atomic mass is 28.3. The molecule has 0 aromatic rings. The van der Waals surface area contributed by atoms with Crippen LogP contribution in [0.5, 0.6) is 0 Å². The monoisotopic (exact) mass is 198 g/mol. The van der Waals surface area contributed by atoms with Gasteiger partial charge >= 0.3 is 0 Å². The fraction of sp³-hybridized carbons (Fsp3) is 0.818. The Hall–Kier alpha value is -0.263. The van der Waals surface area contributed by atoms with Gasteiger partial charge in [-0.2, -0.15) is 0 Å². The molecule has 0 bridgehead atoms. The maximum absolute atomic E-state index is 9.49. The van der Waals surface area contributed by atoms with Crippen molar-refractivity contribution in [3.05, 3.63) is 0 Å². The van der Waals surface area contributed by atoms with Gasteiger partial charge in [0.15, 0.2) is 0 Å². The first-order valence-corrected chi connectivity index (χ1v) is 8.64. The molecule has 0 saturated carbocycles. The summed E-state index contributed by atoms with van der Waals surface area (Å²) in [5, 5.41) is 9.49. The second-order valence-corrected chi connectivity index (χ2v) is 9.30. The van der Waals surface area contributed by atoms with Gasteiger partial charge in [-0.25, -0.2) is 0 Å². The zero-order chi connectivity index (χ0) is 10.3. The predicted octanol–water partition coefficient (Wildman–Crippen LogP) is 2.81. The van der Waals surface area contributed by atoms with Crippen molar-refractivity contribution in [2.45, 2.75) is 58.4 Å². The highest BCUT2D eigenvalue weighted by Crippen LogP contribution is 2.04. The van der Waals surface area contributed by atoms with Crippen LogP contribution in [0, 0.1) is 11.5 Å². The Kier molecular flexibility index (Phi) is 6.10. The minimum absolute atomic E-state index is 0.205. The third-order valence-corrected chi connectivity index (χ3v) is 2.62. The Balaban J connectivity index is 3.66. The summed E-state index contributed by atoms with van der Waals surface area (Å²) < 4.78 is 0. The van der Waals surface area contributed by atoms with E-state index in [0.717, 1.165) is 19.3 Å². The Morgan fingerprint density at radius 3 is 2.38 bits per heavy atom. The van der Waals surface area contributed by atoms with Crippen LogP contribution in [0.1, 0.15) is 32.6 Å². The Labute approximate surface area is 83.6 Å². The van der Waals surface area contributed by atoms with E-state index in [-0.39, 0.29) is 6.10 Å². The van der Waals surface area contributed by atoms with E-state index in [9.17, 15) is 5.11 Å². The van der Waals surface area contributed by atoms with Gasteiger partial charge in [0, 0.05) is 6.42 Å². The molecule has 0 aliphatic rings. The average Bonchev–Trinajstić information content (AvgIpc) is 1.98. The molecule has 0 amide bonds. The van der Waals surface area contributed by atoms with Crippen LogP contribution >= 0.6 is 0 Å². The maximum atomic E-state index is 9.49. The van der Waals surface area contributed by atoms with Gasteiger partial charge in [0.25, 0.3) is 0 Å². The fourth-order valence-corrected chi connectivity index (χ4v) is 1.61. The van der Waals surface area contributed by atoms with Gasteiger partial charge in [-0.05, 0) is 6.42 Å². The summed E-state index contributed by atoms with van der Waals surface area (Å²) in [5.74, 6) is 3.10. The van der Waals surface area contributed by atoms with Crippen LogP contribution in [-0.4, -0.2) is 19.3 Å². The first-order chi connectivity index (χ1) is 5.95. The van der Waals surface area contributed by atoms with Gasteiger partial charge in [-0.3, -0.25) is 0 Å². The third-order valence-electron chi connectivity index (χ3n) is 1.69. The fourth-order valence-electron chi connectivity index (χ4n) is 0.976. The van der Waals surface area contributed by atoms with E-state index in [1.54, 1.807) is 0 Å². The number of aliphatic hydroxyl groups is 1. The highest BCUT2D eigenvalue weighted by Gasteiger charge is 2.07. The van der Waals surface area contributed by atoms with Crippen molar-refractivity contribution in [3.63, 3.8) is 0 Å². The van der Waals surface area contributed by atoms with Crippen molar-refractivity contribution < 1.29 is 5.11 Å². The summed E-state index contributed by atoms with van der Waals surface area (Å²) in [6, 6.07) is 0. The summed E-state index contributed by atoms with van der Waals surface area (Å²) in [6.45, 7) is 8.80. The largest absolute Gasteiger partial charge is 0.392 e. The topological polar surface area (TPSA) is 20.2 Å². The van der Waals surface area contributed by atoms with Crippen molar-refractivity contribution in [2.75, 3.05) is 0 Å².